The Hall–Kier alpha value is -3.64. The number of rotatable bonds is 9. The lowest BCUT2D eigenvalue weighted by Gasteiger charge is -2.39. The number of nitriles is 1. The number of piperidine rings is 1. The summed E-state index contributed by atoms with van der Waals surface area (Å²) in [6, 6.07) is 14.6. The molecule has 0 bridgehead atoms. The van der Waals surface area contributed by atoms with Gasteiger partial charge < -0.3 is 14.5 Å². The highest BCUT2D eigenvalue weighted by atomic mass is 19.2. The number of carbonyl (C=O) groups excluding carboxylic acids is 2. The van der Waals surface area contributed by atoms with Crippen molar-refractivity contribution in [2.75, 3.05) is 33.3 Å². The van der Waals surface area contributed by atoms with Gasteiger partial charge in [-0.05, 0) is 74.9 Å². The summed E-state index contributed by atoms with van der Waals surface area (Å²) in [6.07, 6.45) is 3.03. The summed E-state index contributed by atoms with van der Waals surface area (Å²) >= 11 is 0. The number of halogens is 2. The first-order chi connectivity index (χ1) is 19.2. The van der Waals surface area contributed by atoms with Gasteiger partial charge in [0.15, 0.2) is 11.6 Å². The maximum atomic E-state index is 14.2. The quantitative estimate of drug-likeness (QED) is 0.376. The SMILES string of the molecule is COC(=O)C1C(C)=NC(=O)N(CCC[C@H](C)CN2CCC(C#N)(c3ccccc3)CC2)C1c1ccc(F)c(F)c1. The minimum atomic E-state index is -1.04. The smallest absolute Gasteiger partial charge is 0.344 e. The second kappa shape index (κ2) is 12.7. The van der Waals surface area contributed by atoms with Crippen LogP contribution < -0.4 is 0 Å². The Morgan fingerprint density at radius 2 is 1.88 bits per heavy atom. The van der Waals surface area contributed by atoms with Gasteiger partial charge >= 0.3 is 12.0 Å². The second-order valence-electron chi connectivity index (χ2n) is 11.0. The Kier molecular flexibility index (Phi) is 9.31. The van der Waals surface area contributed by atoms with Crippen LogP contribution in [0.5, 0.6) is 0 Å². The van der Waals surface area contributed by atoms with E-state index in [1.165, 1.54) is 18.1 Å². The summed E-state index contributed by atoms with van der Waals surface area (Å²) in [5.74, 6) is -3.22. The molecule has 0 aliphatic carbocycles. The van der Waals surface area contributed by atoms with Gasteiger partial charge in [0.1, 0.15) is 5.92 Å². The average molecular weight is 551 g/mol. The molecule has 9 heteroatoms. The van der Waals surface area contributed by atoms with Gasteiger partial charge in [-0.1, -0.05) is 43.3 Å². The fourth-order valence-corrected chi connectivity index (χ4v) is 6.02. The zero-order valence-corrected chi connectivity index (χ0v) is 23.3. The molecule has 2 aliphatic rings. The fourth-order valence-electron chi connectivity index (χ4n) is 6.02. The molecule has 2 aromatic rings. The zero-order chi connectivity index (χ0) is 28.9. The molecule has 0 radical (unpaired) electrons. The van der Waals surface area contributed by atoms with E-state index in [0.717, 1.165) is 56.6 Å². The number of likely N-dealkylation sites (tertiary alicyclic amines) is 1. The van der Waals surface area contributed by atoms with E-state index >= 15 is 0 Å². The molecule has 7 nitrogen and oxygen atoms in total. The van der Waals surface area contributed by atoms with Gasteiger partial charge in [0.25, 0.3) is 0 Å². The monoisotopic (exact) mass is 550 g/mol. The molecule has 212 valence electrons. The number of carbonyl (C=O) groups is 2. The Labute approximate surface area is 234 Å². The van der Waals surface area contributed by atoms with Crippen molar-refractivity contribution in [3.05, 3.63) is 71.3 Å². The van der Waals surface area contributed by atoms with E-state index in [-0.39, 0.29) is 5.71 Å². The maximum Gasteiger partial charge on any atom is 0.344 e. The van der Waals surface area contributed by atoms with Crippen LogP contribution in [-0.4, -0.2) is 60.8 Å². The summed E-state index contributed by atoms with van der Waals surface area (Å²) in [6.45, 7) is 6.59. The van der Waals surface area contributed by atoms with E-state index in [2.05, 4.69) is 22.9 Å². The van der Waals surface area contributed by atoms with E-state index in [1.54, 1.807) is 6.92 Å². The van der Waals surface area contributed by atoms with Gasteiger partial charge in [-0.25, -0.2) is 18.6 Å². The maximum absolute atomic E-state index is 14.2. The van der Waals surface area contributed by atoms with E-state index in [4.69, 9.17) is 4.74 Å². The number of amides is 2. The van der Waals surface area contributed by atoms with Gasteiger partial charge in [-0.15, -0.1) is 0 Å². The Morgan fingerprint density at radius 1 is 1.18 bits per heavy atom. The molecule has 0 saturated carbocycles. The lowest BCUT2D eigenvalue weighted by Crippen LogP contribution is -2.47. The lowest BCUT2D eigenvalue weighted by molar-refractivity contribution is -0.145. The number of hydrogen-bond donors (Lipinski definition) is 0. The van der Waals surface area contributed by atoms with Gasteiger partial charge in [-0.2, -0.15) is 5.26 Å². The molecule has 40 heavy (non-hydrogen) atoms. The van der Waals surface area contributed by atoms with Crippen molar-refractivity contribution in [1.82, 2.24) is 9.80 Å². The molecule has 0 aromatic heterocycles. The summed E-state index contributed by atoms with van der Waals surface area (Å²) in [7, 11) is 1.25. The highest BCUT2D eigenvalue weighted by Crippen LogP contribution is 2.37. The molecule has 2 aromatic carbocycles. The lowest BCUT2D eigenvalue weighted by atomic mass is 9.74. The molecule has 2 heterocycles. The van der Waals surface area contributed by atoms with Crippen LogP contribution in [0.1, 0.15) is 56.7 Å². The van der Waals surface area contributed by atoms with Crippen molar-refractivity contribution in [2.45, 2.75) is 51.0 Å². The fraction of sp³-hybridized carbons (Fsp3) is 0.484. The van der Waals surface area contributed by atoms with Crippen molar-refractivity contribution in [1.29, 1.82) is 5.26 Å². The number of methoxy groups -OCH3 is 1. The molecule has 2 amide bonds. The summed E-state index contributed by atoms with van der Waals surface area (Å²) in [5, 5.41) is 9.96. The molecular weight excluding hydrogens is 514 g/mol. The van der Waals surface area contributed by atoms with Gasteiger partial charge in [0.05, 0.1) is 24.6 Å². The van der Waals surface area contributed by atoms with E-state index in [1.807, 2.05) is 30.3 Å². The minimum absolute atomic E-state index is 0.283. The number of nitrogens with zero attached hydrogens (tertiary/aromatic N) is 4. The molecule has 0 N–H and O–H groups in total. The van der Waals surface area contributed by atoms with Gasteiger partial charge in [0, 0.05) is 18.8 Å². The third-order valence-electron chi connectivity index (χ3n) is 8.28. The molecule has 4 rings (SSSR count). The number of hydrogen-bond acceptors (Lipinski definition) is 5. The average Bonchev–Trinajstić information content (AvgIpc) is 2.96. The van der Waals surface area contributed by atoms with Crippen LogP contribution >= 0.6 is 0 Å². The third-order valence-corrected chi connectivity index (χ3v) is 8.28. The largest absolute Gasteiger partial charge is 0.468 e. The van der Waals surface area contributed by atoms with Crippen LogP contribution in [0.25, 0.3) is 0 Å². The molecule has 1 fully saturated rings. The molecule has 2 aliphatic heterocycles. The minimum Gasteiger partial charge on any atom is -0.468 e. The van der Waals surface area contributed by atoms with Crippen LogP contribution in [0.2, 0.25) is 0 Å². The number of esters is 1. The van der Waals surface area contributed by atoms with Crippen LogP contribution in [0.15, 0.2) is 53.5 Å². The van der Waals surface area contributed by atoms with Crippen molar-refractivity contribution >= 4 is 17.7 Å². The van der Waals surface area contributed by atoms with Crippen molar-refractivity contribution in [2.24, 2.45) is 16.8 Å². The van der Waals surface area contributed by atoms with E-state index in [9.17, 15) is 23.6 Å². The first-order valence-electron chi connectivity index (χ1n) is 13.8. The van der Waals surface area contributed by atoms with Crippen LogP contribution in [0.3, 0.4) is 0 Å². The zero-order valence-electron chi connectivity index (χ0n) is 23.3. The van der Waals surface area contributed by atoms with Crippen molar-refractivity contribution in [3.63, 3.8) is 0 Å². The highest BCUT2D eigenvalue weighted by Gasteiger charge is 2.43. The standard InChI is InChI=1S/C31H36F2N4O3/c1-21(19-36-16-13-31(20-34,14-17-36)24-9-5-4-6-10-24)8-7-15-37-28(23-11-12-25(32)26(33)18-23)27(29(38)40-3)22(2)35-30(37)39/h4-6,9-12,18,21,27-28H,7-8,13-17,19H2,1-3H3/t21-,27?,28?/m0/s1. The predicted molar refractivity (Wildman–Crippen MR) is 148 cm³/mol. The Bertz CT molecular complexity index is 1290. The second-order valence-corrected chi connectivity index (χ2v) is 11.0. The number of benzene rings is 2. The Balaban J connectivity index is 1.38. The number of aliphatic imine (C=N–C) groups is 1. The van der Waals surface area contributed by atoms with E-state index in [0.29, 0.717) is 24.4 Å². The van der Waals surface area contributed by atoms with Crippen molar-refractivity contribution in [3.8, 4) is 6.07 Å². The van der Waals surface area contributed by atoms with Crippen LogP contribution in [0.4, 0.5) is 13.6 Å². The first kappa shape index (κ1) is 29.3. The van der Waals surface area contributed by atoms with E-state index < -0.39 is 41.0 Å². The molecular formula is C31H36F2N4O3. The van der Waals surface area contributed by atoms with Gasteiger partial charge in [-0.3, -0.25) is 4.79 Å². The summed E-state index contributed by atoms with van der Waals surface area (Å²) < 4.78 is 32.8. The topological polar surface area (TPSA) is 86.0 Å². The Morgan fingerprint density at radius 3 is 2.50 bits per heavy atom. The first-order valence-corrected chi connectivity index (χ1v) is 13.8. The predicted octanol–water partition coefficient (Wildman–Crippen LogP) is 5.67. The number of urea groups is 1. The van der Waals surface area contributed by atoms with Crippen molar-refractivity contribution < 1.29 is 23.1 Å². The molecule has 2 unspecified atom stereocenters. The molecule has 3 atom stereocenters. The third kappa shape index (κ3) is 6.23. The van der Waals surface area contributed by atoms with Gasteiger partial charge in [0.2, 0.25) is 0 Å². The molecule has 0 spiro atoms. The summed E-state index contributed by atoms with van der Waals surface area (Å²) in [4.78, 5) is 33.6. The summed E-state index contributed by atoms with van der Waals surface area (Å²) in [5.41, 5.74) is 1.23. The highest BCUT2D eigenvalue weighted by molar-refractivity contribution is 6.08. The normalized spacial score (nSPS) is 21.9. The van der Waals surface area contributed by atoms with Crippen LogP contribution in [-0.2, 0) is 14.9 Å². The number of ether oxygens (including phenoxy) is 1. The van der Waals surface area contributed by atoms with Crippen LogP contribution in [0, 0.1) is 34.8 Å². The molecule has 1 saturated heterocycles.